The van der Waals surface area contributed by atoms with Crippen LogP contribution in [0.4, 0.5) is 22.1 Å². The van der Waals surface area contributed by atoms with E-state index in [4.69, 9.17) is 10.5 Å². The van der Waals surface area contributed by atoms with Gasteiger partial charge in [0, 0.05) is 31.5 Å². The molecule has 2 amide bonds. The van der Waals surface area contributed by atoms with Crippen LogP contribution in [-0.4, -0.2) is 51.6 Å². The summed E-state index contributed by atoms with van der Waals surface area (Å²) < 4.78 is 5.44. The Labute approximate surface area is 211 Å². The van der Waals surface area contributed by atoms with Crippen LogP contribution in [0.1, 0.15) is 44.0 Å². The average Bonchev–Trinajstić information content (AvgIpc) is 2.86. The standard InChI is InChI=1S/C27H32N6O3/c1-27(2,3)36-26(35)33-13-11-21(12-14-33)31-25-29-16-20(17-30-25)24(34)32-23-15-19(9-10-22(23)28)18-7-5-4-6-8-18/h4-10,15-17,21H,11-14,28H2,1-3H3,(H,32,34)(H,29,30,31). The van der Waals surface area contributed by atoms with Gasteiger partial charge in [-0.3, -0.25) is 4.79 Å². The Hall–Kier alpha value is -4.14. The van der Waals surface area contributed by atoms with Gasteiger partial charge in [0.15, 0.2) is 0 Å². The number of amides is 2. The largest absolute Gasteiger partial charge is 0.444 e. The Bertz CT molecular complexity index is 1200. The van der Waals surface area contributed by atoms with Crippen molar-refractivity contribution in [3.63, 3.8) is 0 Å². The topological polar surface area (TPSA) is 122 Å². The zero-order valence-electron chi connectivity index (χ0n) is 20.8. The highest BCUT2D eigenvalue weighted by atomic mass is 16.6. The molecule has 4 N–H and O–H groups in total. The Morgan fingerprint density at radius 1 is 1.00 bits per heavy atom. The Balaban J connectivity index is 1.32. The molecular formula is C27H32N6O3. The molecule has 1 aliphatic heterocycles. The van der Waals surface area contributed by atoms with Gasteiger partial charge in [-0.2, -0.15) is 0 Å². The summed E-state index contributed by atoms with van der Waals surface area (Å²) in [5.74, 6) is 0.0944. The van der Waals surface area contributed by atoms with Gasteiger partial charge >= 0.3 is 6.09 Å². The highest BCUT2D eigenvalue weighted by Crippen LogP contribution is 2.27. The lowest BCUT2D eigenvalue weighted by molar-refractivity contribution is 0.0210. The second-order valence-electron chi connectivity index (χ2n) is 9.80. The van der Waals surface area contributed by atoms with Crippen LogP contribution in [0.15, 0.2) is 60.9 Å². The lowest BCUT2D eigenvalue weighted by Gasteiger charge is -2.33. The molecule has 0 saturated carbocycles. The minimum atomic E-state index is -0.509. The third kappa shape index (κ3) is 6.50. The fourth-order valence-electron chi connectivity index (χ4n) is 3.90. The van der Waals surface area contributed by atoms with Gasteiger partial charge in [-0.1, -0.05) is 36.4 Å². The Morgan fingerprint density at radius 2 is 1.67 bits per heavy atom. The van der Waals surface area contributed by atoms with Gasteiger partial charge in [0.1, 0.15) is 5.60 Å². The number of nitrogens with one attached hydrogen (secondary N) is 2. The van der Waals surface area contributed by atoms with E-state index >= 15 is 0 Å². The molecule has 0 radical (unpaired) electrons. The monoisotopic (exact) mass is 488 g/mol. The summed E-state index contributed by atoms with van der Waals surface area (Å²) in [7, 11) is 0. The quantitative estimate of drug-likeness (QED) is 0.441. The molecular weight excluding hydrogens is 456 g/mol. The summed E-state index contributed by atoms with van der Waals surface area (Å²) in [6, 6.07) is 15.5. The predicted molar refractivity (Wildman–Crippen MR) is 141 cm³/mol. The number of likely N-dealkylation sites (tertiary alicyclic amines) is 1. The van der Waals surface area contributed by atoms with Crippen LogP contribution in [0.25, 0.3) is 11.1 Å². The van der Waals surface area contributed by atoms with Crippen molar-refractivity contribution in [2.75, 3.05) is 29.5 Å². The number of hydrogen-bond donors (Lipinski definition) is 3. The number of benzene rings is 2. The van der Waals surface area contributed by atoms with Crippen LogP contribution in [0.2, 0.25) is 0 Å². The molecule has 1 aliphatic rings. The molecule has 1 fully saturated rings. The van der Waals surface area contributed by atoms with Crippen molar-refractivity contribution in [3.8, 4) is 11.1 Å². The summed E-state index contributed by atoms with van der Waals surface area (Å²) in [5.41, 5.74) is 8.89. The summed E-state index contributed by atoms with van der Waals surface area (Å²) >= 11 is 0. The number of piperidine rings is 1. The molecule has 188 valence electrons. The summed E-state index contributed by atoms with van der Waals surface area (Å²) in [5, 5.41) is 6.14. The first kappa shape index (κ1) is 25.0. The molecule has 0 bridgehead atoms. The van der Waals surface area contributed by atoms with Crippen LogP contribution < -0.4 is 16.4 Å². The number of anilines is 3. The number of nitrogens with zero attached hydrogens (tertiary/aromatic N) is 3. The third-order valence-electron chi connectivity index (χ3n) is 5.80. The van der Waals surface area contributed by atoms with E-state index in [9.17, 15) is 9.59 Å². The van der Waals surface area contributed by atoms with Crippen LogP contribution in [0, 0.1) is 0 Å². The molecule has 9 heteroatoms. The van der Waals surface area contributed by atoms with E-state index in [1.807, 2.05) is 63.2 Å². The maximum absolute atomic E-state index is 12.8. The van der Waals surface area contributed by atoms with Crippen molar-refractivity contribution in [1.29, 1.82) is 0 Å². The molecule has 2 heterocycles. The van der Waals surface area contributed by atoms with E-state index in [0.717, 1.165) is 24.0 Å². The SMILES string of the molecule is CC(C)(C)OC(=O)N1CCC(Nc2ncc(C(=O)Nc3cc(-c4ccccc4)ccc3N)cn2)CC1. The van der Waals surface area contributed by atoms with E-state index in [0.29, 0.717) is 36.0 Å². The normalized spacial score (nSPS) is 14.2. The number of ether oxygens (including phenoxy) is 1. The highest BCUT2D eigenvalue weighted by molar-refractivity contribution is 6.05. The molecule has 9 nitrogen and oxygen atoms in total. The van der Waals surface area contributed by atoms with Crippen LogP contribution in [0.3, 0.4) is 0 Å². The van der Waals surface area contributed by atoms with Crippen molar-refractivity contribution in [2.24, 2.45) is 0 Å². The molecule has 0 aliphatic carbocycles. The molecule has 0 spiro atoms. The summed E-state index contributed by atoms with van der Waals surface area (Å²) in [6.07, 6.45) is 4.18. The predicted octanol–water partition coefficient (Wildman–Crippen LogP) is 4.79. The molecule has 4 rings (SSSR count). The van der Waals surface area contributed by atoms with Crippen molar-refractivity contribution < 1.29 is 14.3 Å². The number of rotatable bonds is 5. The van der Waals surface area contributed by atoms with Crippen LogP contribution in [0.5, 0.6) is 0 Å². The maximum Gasteiger partial charge on any atom is 0.410 e. The van der Waals surface area contributed by atoms with Crippen molar-refractivity contribution >= 4 is 29.3 Å². The smallest absolute Gasteiger partial charge is 0.410 e. The van der Waals surface area contributed by atoms with E-state index in [1.165, 1.54) is 12.4 Å². The molecule has 0 atom stereocenters. The summed E-state index contributed by atoms with van der Waals surface area (Å²) in [6.45, 7) is 6.76. The molecule has 2 aromatic carbocycles. The maximum atomic E-state index is 12.8. The Morgan fingerprint density at radius 3 is 2.31 bits per heavy atom. The highest BCUT2D eigenvalue weighted by Gasteiger charge is 2.27. The summed E-state index contributed by atoms with van der Waals surface area (Å²) in [4.78, 5) is 35.4. The molecule has 1 aromatic heterocycles. The number of carbonyl (C=O) groups excluding carboxylic acids is 2. The Kier molecular flexibility index (Phi) is 7.38. The fraction of sp³-hybridized carbons (Fsp3) is 0.333. The molecule has 3 aromatic rings. The number of hydrogen-bond acceptors (Lipinski definition) is 7. The zero-order valence-corrected chi connectivity index (χ0v) is 20.8. The van der Waals surface area contributed by atoms with Gasteiger partial charge in [-0.15, -0.1) is 0 Å². The minimum absolute atomic E-state index is 0.129. The van der Waals surface area contributed by atoms with Gasteiger partial charge in [0.25, 0.3) is 5.91 Å². The molecule has 36 heavy (non-hydrogen) atoms. The first-order valence-electron chi connectivity index (χ1n) is 12.0. The molecule has 1 saturated heterocycles. The second-order valence-corrected chi connectivity index (χ2v) is 9.80. The number of nitrogen functional groups attached to an aromatic ring is 1. The first-order valence-corrected chi connectivity index (χ1v) is 12.0. The first-order chi connectivity index (χ1) is 17.2. The van der Waals surface area contributed by atoms with Gasteiger partial charge < -0.3 is 26.0 Å². The molecule has 0 unspecified atom stereocenters. The second kappa shape index (κ2) is 10.6. The van der Waals surface area contributed by atoms with Gasteiger partial charge in [0.05, 0.1) is 16.9 Å². The van der Waals surface area contributed by atoms with Gasteiger partial charge in [-0.25, -0.2) is 14.8 Å². The average molecular weight is 489 g/mol. The minimum Gasteiger partial charge on any atom is -0.444 e. The van der Waals surface area contributed by atoms with Crippen LogP contribution >= 0.6 is 0 Å². The fourth-order valence-corrected chi connectivity index (χ4v) is 3.90. The van der Waals surface area contributed by atoms with E-state index in [-0.39, 0.29) is 18.0 Å². The number of aromatic nitrogens is 2. The van der Waals surface area contributed by atoms with Crippen LogP contribution in [-0.2, 0) is 4.74 Å². The zero-order chi connectivity index (χ0) is 25.7. The van der Waals surface area contributed by atoms with Crippen molar-refractivity contribution in [1.82, 2.24) is 14.9 Å². The number of carbonyl (C=O) groups is 2. The van der Waals surface area contributed by atoms with E-state index < -0.39 is 5.60 Å². The van der Waals surface area contributed by atoms with Crippen molar-refractivity contribution in [3.05, 3.63) is 66.5 Å². The van der Waals surface area contributed by atoms with E-state index in [1.54, 1.807) is 11.0 Å². The van der Waals surface area contributed by atoms with Gasteiger partial charge in [-0.05, 0) is 56.9 Å². The number of nitrogens with two attached hydrogens (primary N) is 1. The van der Waals surface area contributed by atoms with Gasteiger partial charge in [0.2, 0.25) is 5.95 Å². The van der Waals surface area contributed by atoms with Crippen molar-refractivity contribution in [2.45, 2.75) is 45.3 Å². The lowest BCUT2D eigenvalue weighted by atomic mass is 10.0. The third-order valence-corrected chi connectivity index (χ3v) is 5.80. The lowest BCUT2D eigenvalue weighted by Crippen LogP contribution is -2.44. The van der Waals surface area contributed by atoms with E-state index in [2.05, 4.69) is 20.6 Å².